The van der Waals surface area contributed by atoms with Crippen LogP contribution in [0.15, 0.2) is 47.3 Å². The van der Waals surface area contributed by atoms with Gasteiger partial charge in [0.05, 0.1) is 6.61 Å². The Morgan fingerprint density at radius 1 is 1.21 bits per heavy atom. The van der Waals surface area contributed by atoms with Crippen LogP contribution in [0.5, 0.6) is 0 Å². The van der Waals surface area contributed by atoms with Crippen molar-refractivity contribution in [2.45, 2.75) is 20.0 Å². The van der Waals surface area contributed by atoms with Gasteiger partial charge in [-0.1, -0.05) is 30.3 Å². The normalized spacial score (nSPS) is 10.4. The lowest BCUT2D eigenvalue weighted by Crippen LogP contribution is -2.23. The van der Waals surface area contributed by atoms with E-state index in [-0.39, 0.29) is 12.2 Å². The maximum atomic E-state index is 11.9. The van der Waals surface area contributed by atoms with E-state index in [4.69, 9.17) is 5.11 Å². The van der Waals surface area contributed by atoms with Crippen LogP contribution in [0.1, 0.15) is 11.3 Å². The number of anilines is 1. The second-order valence-corrected chi connectivity index (χ2v) is 4.44. The number of nitrogens with zero attached hydrogens (tertiary/aromatic N) is 1. The van der Waals surface area contributed by atoms with Gasteiger partial charge in [-0.15, -0.1) is 0 Å². The fourth-order valence-electron chi connectivity index (χ4n) is 2.02. The van der Waals surface area contributed by atoms with Crippen LogP contribution in [-0.4, -0.2) is 16.3 Å². The summed E-state index contributed by atoms with van der Waals surface area (Å²) in [6, 6.07) is 13.5. The number of pyridine rings is 1. The van der Waals surface area contributed by atoms with Gasteiger partial charge in [0.1, 0.15) is 0 Å². The molecule has 0 bridgehead atoms. The van der Waals surface area contributed by atoms with Gasteiger partial charge in [-0.3, -0.25) is 4.79 Å². The average molecular weight is 258 g/mol. The summed E-state index contributed by atoms with van der Waals surface area (Å²) in [5.74, 6) is 0. The van der Waals surface area contributed by atoms with Crippen LogP contribution in [0.2, 0.25) is 0 Å². The van der Waals surface area contributed by atoms with Crippen LogP contribution in [0, 0.1) is 6.92 Å². The summed E-state index contributed by atoms with van der Waals surface area (Å²) in [5.41, 5.74) is 2.72. The average Bonchev–Trinajstić information content (AvgIpc) is 2.42. The van der Waals surface area contributed by atoms with Crippen molar-refractivity contribution in [3.8, 4) is 0 Å². The van der Waals surface area contributed by atoms with Crippen LogP contribution in [0.4, 0.5) is 5.69 Å². The summed E-state index contributed by atoms with van der Waals surface area (Å²) in [6.07, 6.45) is 0. The smallest absolute Gasteiger partial charge is 0.252 e. The third-order valence-electron chi connectivity index (χ3n) is 3.00. The maximum Gasteiger partial charge on any atom is 0.252 e. The van der Waals surface area contributed by atoms with Crippen LogP contribution in [0.25, 0.3) is 0 Å². The van der Waals surface area contributed by atoms with E-state index in [1.165, 1.54) is 5.56 Å². The quantitative estimate of drug-likeness (QED) is 0.859. The lowest BCUT2D eigenvalue weighted by Gasteiger charge is -2.11. The molecule has 2 rings (SSSR count). The first-order chi connectivity index (χ1) is 9.20. The number of aliphatic hydroxyl groups is 1. The SMILES string of the molecule is Cc1cc(NCc2ccccc2)cc(=O)n1CCO. The minimum absolute atomic E-state index is 0.0302. The van der Waals surface area contributed by atoms with Gasteiger partial charge in [0.15, 0.2) is 0 Å². The molecule has 2 N–H and O–H groups in total. The van der Waals surface area contributed by atoms with Crippen molar-refractivity contribution >= 4 is 5.69 Å². The summed E-state index contributed by atoms with van der Waals surface area (Å²) >= 11 is 0. The Bertz CT molecular complexity index is 591. The Labute approximate surface area is 112 Å². The van der Waals surface area contributed by atoms with Gasteiger partial charge >= 0.3 is 0 Å². The number of aliphatic hydroxyl groups excluding tert-OH is 1. The first-order valence-corrected chi connectivity index (χ1v) is 6.31. The summed E-state index contributed by atoms with van der Waals surface area (Å²) in [5, 5.41) is 12.2. The number of aryl methyl sites for hydroxylation is 1. The summed E-state index contributed by atoms with van der Waals surface area (Å²) in [6.45, 7) is 2.86. The molecule has 1 aromatic heterocycles. The third-order valence-corrected chi connectivity index (χ3v) is 3.00. The number of hydrogen-bond donors (Lipinski definition) is 2. The van der Waals surface area contributed by atoms with Crippen molar-refractivity contribution in [3.63, 3.8) is 0 Å². The number of benzene rings is 1. The summed E-state index contributed by atoms with van der Waals surface area (Å²) in [4.78, 5) is 11.9. The Hall–Kier alpha value is -2.07. The molecule has 1 aromatic carbocycles. The van der Waals surface area contributed by atoms with Gasteiger partial charge in [0.2, 0.25) is 0 Å². The van der Waals surface area contributed by atoms with E-state index in [0.717, 1.165) is 11.4 Å². The second-order valence-electron chi connectivity index (χ2n) is 4.44. The van der Waals surface area contributed by atoms with Gasteiger partial charge in [0, 0.05) is 30.5 Å². The molecule has 19 heavy (non-hydrogen) atoms. The molecule has 0 fully saturated rings. The maximum absolute atomic E-state index is 11.9. The molecule has 4 nitrogen and oxygen atoms in total. The standard InChI is InChI=1S/C15H18N2O2/c1-12-9-14(10-15(19)17(12)7-8-18)16-11-13-5-3-2-4-6-13/h2-6,9-10,16,18H,7-8,11H2,1H3. The fourth-order valence-corrected chi connectivity index (χ4v) is 2.02. The number of aromatic nitrogens is 1. The van der Waals surface area contributed by atoms with E-state index in [1.54, 1.807) is 10.6 Å². The van der Waals surface area contributed by atoms with E-state index in [2.05, 4.69) is 5.32 Å². The summed E-state index contributed by atoms with van der Waals surface area (Å²) in [7, 11) is 0. The molecule has 0 saturated heterocycles. The molecule has 0 amide bonds. The molecule has 0 aliphatic rings. The predicted octanol–water partition coefficient (Wildman–Crippen LogP) is 1.76. The Balaban J connectivity index is 2.12. The first-order valence-electron chi connectivity index (χ1n) is 6.31. The van der Waals surface area contributed by atoms with Gasteiger partial charge in [0.25, 0.3) is 5.56 Å². The van der Waals surface area contributed by atoms with Gasteiger partial charge in [-0.05, 0) is 18.6 Å². The van der Waals surface area contributed by atoms with E-state index < -0.39 is 0 Å². The molecule has 0 spiro atoms. The molecular weight excluding hydrogens is 240 g/mol. The van der Waals surface area contributed by atoms with Crippen molar-refractivity contribution < 1.29 is 5.11 Å². The van der Waals surface area contributed by atoms with Crippen LogP contribution in [-0.2, 0) is 13.1 Å². The largest absolute Gasteiger partial charge is 0.395 e. The highest BCUT2D eigenvalue weighted by Crippen LogP contribution is 2.09. The van der Waals surface area contributed by atoms with Gasteiger partial charge in [-0.2, -0.15) is 0 Å². The second kappa shape index (κ2) is 6.20. The predicted molar refractivity (Wildman–Crippen MR) is 76.3 cm³/mol. The van der Waals surface area contributed by atoms with Crippen molar-refractivity contribution in [2.75, 3.05) is 11.9 Å². The van der Waals surface area contributed by atoms with Gasteiger partial charge in [-0.25, -0.2) is 0 Å². The Kier molecular flexibility index (Phi) is 4.36. The lowest BCUT2D eigenvalue weighted by atomic mass is 10.2. The number of nitrogens with one attached hydrogen (secondary N) is 1. The molecule has 4 heteroatoms. The highest BCUT2D eigenvalue weighted by atomic mass is 16.3. The number of rotatable bonds is 5. The topological polar surface area (TPSA) is 54.3 Å². The molecule has 1 heterocycles. The molecule has 2 aromatic rings. The molecule has 0 radical (unpaired) electrons. The van der Waals surface area contributed by atoms with Crippen molar-refractivity contribution in [1.29, 1.82) is 0 Å². The first kappa shape index (κ1) is 13.4. The van der Waals surface area contributed by atoms with Crippen molar-refractivity contribution in [2.24, 2.45) is 0 Å². The van der Waals surface area contributed by atoms with Crippen molar-refractivity contribution in [1.82, 2.24) is 4.57 Å². The van der Waals surface area contributed by atoms with Crippen LogP contribution in [0.3, 0.4) is 0 Å². The third kappa shape index (κ3) is 3.45. The molecule has 0 unspecified atom stereocenters. The Morgan fingerprint density at radius 2 is 1.95 bits per heavy atom. The van der Waals surface area contributed by atoms with E-state index in [1.807, 2.05) is 43.3 Å². The highest BCUT2D eigenvalue weighted by Gasteiger charge is 2.02. The van der Waals surface area contributed by atoms with Gasteiger partial charge < -0.3 is 15.0 Å². The molecule has 100 valence electrons. The number of hydrogen-bond acceptors (Lipinski definition) is 3. The fraction of sp³-hybridized carbons (Fsp3) is 0.267. The van der Waals surface area contributed by atoms with E-state index in [0.29, 0.717) is 13.1 Å². The molecule has 0 aliphatic heterocycles. The molecule has 0 aliphatic carbocycles. The minimum atomic E-state index is -0.0930. The lowest BCUT2D eigenvalue weighted by molar-refractivity contribution is 0.273. The highest BCUT2D eigenvalue weighted by molar-refractivity contribution is 5.44. The van der Waals surface area contributed by atoms with Crippen LogP contribution >= 0.6 is 0 Å². The molecule has 0 atom stereocenters. The minimum Gasteiger partial charge on any atom is -0.395 e. The van der Waals surface area contributed by atoms with Crippen LogP contribution < -0.4 is 10.9 Å². The van der Waals surface area contributed by atoms with E-state index >= 15 is 0 Å². The Morgan fingerprint density at radius 3 is 2.58 bits per heavy atom. The van der Waals surface area contributed by atoms with E-state index in [9.17, 15) is 4.79 Å². The zero-order valence-corrected chi connectivity index (χ0v) is 11.0. The zero-order chi connectivity index (χ0) is 13.7. The van der Waals surface area contributed by atoms with Crippen molar-refractivity contribution in [3.05, 3.63) is 64.1 Å². The molecular formula is C15H18N2O2. The summed E-state index contributed by atoms with van der Waals surface area (Å²) < 4.78 is 1.56. The monoisotopic (exact) mass is 258 g/mol. The molecule has 0 saturated carbocycles. The zero-order valence-electron chi connectivity index (χ0n) is 11.0.